The summed E-state index contributed by atoms with van der Waals surface area (Å²) in [6.45, 7) is 3.40. The summed E-state index contributed by atoms with van der Waals surface area (Å²) in [6.07, 6.45) is 6.40. The summed E-state index contributed by atoms with van der Waals surface area (Å²) in [5.41, 5.74) is 9.38. The third kappa shape index (κ3) is 3.14. The van der Waals surface area contributed by atoms with Crippen LogP contribution in [0.3, 0.4) is 0 Å². The maximum Gasteiger partial charge on any atom is 0.0951 e. The number of hydrogen-bond acceptors (Lipinski definition) is 4. The van der Waals surface area contributed by atoms with Crippen LogP contribution in [0.5, 0.6) is 0 Å². The van der Waals surface area contributed by atoms with E-state index in [4.69, 9.17) is 5.73 Å². The second-order valence-electron chi connectivity index (χ2n) is 5.89. The number of rotatable bonds is 6. The molecule has 0 amide bonds. The number of nitrogens with two attached hydrogens (primary N) is 1. The van der Waals surface area contributed by atoms with Crippen LogP contribution in [0.15, 0.2) is 30.7 Å². The highest BCUT2D eigenvalue weighted by Crippen LogP contribution is 2.37. The van der Waals surface area contributed by atoms with Crippen molar-refractivity contribution in [2.45, 2.75) is 38.4 Å². The van der Waals surface area contributed by atoms with Gasteiger partial charge in [-0.25, -0.2) is 4.98 Å². The Labute approximate surface area is 125 Å². The Balaban J connectivity index is 1.77. The Morgan fingerprint density at radius 3 is 2.90 bits per heavy atom. The van der Waals surface area contributed by atoms with Crippen molar-refractivity contribution in [1.82, 2.24) is 19.4 Å². The maximum absolute atomic E-state index is 6.03. The number of aryl methyl sites for hydroxylation is 1. The van der Waals surface area contributed by atoms with Crippen molar-refractivity contribution in [3.63, 3.8) is 0 Å². The molecule has 3 rings (SSSR count). The van der Waals surface area contributed by atoms with E-state index in [2.05, 4.69) is 38.6 Å². The minimum absolute atomic E-state index is 0.176. The van der Waals surface area contributed by atoms with Gasteiger partial charge in [-0.3, -0.25) is 9.88 Å². The first kappa shape index (κ1) is 14.2. The quantitative estimate of drug-likeness (QED) is 0.882. The Kier molecular flexibility index (Phi) is 4.03. The fourth-order valence-electron chi connectivity index (χ4n) is 2.81. The molecule has 2 heterocycles. The molecule has 0 aliphatic heterocycles. The molecule has 0 radical (unpaired) electrons. The number of pyridine rings is 1. The molecule has 112 valence electrons. The van der Waals surface area contributed by atoms with Crippen molar-refractivity contribution in [1.29, 1.82) is 0 Å². The van der Waals surface area contributed by atoms with E-state index in [1.807, 2.05) is 25.5 Å². The van der Waals surface area contributed by atoms with Gasteiger partial charge in [0, 0.05) is 31.0 Å². The predicted molar refractivity (Wildman–Crippen MR) is 82.7 cm³/mol. The number of hydrogen-bond donors (Lipinski definition) is 1. The molecule has 1 aliphatic carbocycles. The van der Waals surface area contributed by atoms with Crippen LogP contribution in [-0.2, 0) is 6.54 Å². The fourth-order valence-corrected chi connectivity index (χ4v) is 2.81. The minimum atomic E-state index is 0.176. The highest BCUT2D eigenvalue weighted by Gasteiger charge is 2.29. The first-order valence-electron chi connectivity index (χ1n) is 7.53. The number of aromatic nitrogens is 3. The van der Waals surface area contributed by atoms with E-state index in [1.54, 1.807) is 0 Å². The molecule has 5 heteroatoms. The molecule has 2 N–H and O–H groups in total. The average Bonchev–Trinajstić information content (AvgIpc) is 3.19. The summed E-state index contributed by atoms with van der Waals surface area (Å²) in [5.74, 6) is 0. The molecule has 2 aromatic rings. The maximum atomic E-state index is 6.03. The lowest BCUT2D eigenvalue weighted by atomic mass is 10.1. The van der Waals surface area contributed by atoms with Crippen molar-refractivity contribution in [3.8, 4) is 0 Å². The standard InChI is InChI=1S/C16H23N5/c1-12-4-3-5-13(19-12)10-20(2)15(8-17)16-9-18-11-21(16)14-6-7-14/h3-5,9,11,14-15H,6-8,10,17H2,1-2H3. The molecule has 1 aliphatic rings. The van der Waals surface area contributed by atoms with Gasteiger partial charge < -0.3 is 10.3 Å². The summed E-state index contributed by atoms with van der Waals surface area (Å²) >= 11 is 0. The fraction of sp³-hybridized carbons (Fsp3) is 0.500. The first-order chi connectivity index (χ1) is 10.2. The third-order valence-electron chi connectivity index (χ3n) is 4.09. The SMILES string of the molecule is Cc1cccc(CN(C)C(CN)c2cncn2C2CC2)n1. The van der Waals surface area contributed by atoms with Gasteiger partial charge in [0.2, 0.25) is 0 Å². The van der Waals surface area contributed by atoms with E-state index in [1.165, 1.54) is 18.5 Å². The van der Waals surface area contributed by atoms with Gasteiger partial charge in [-0.05, 0) is 38.9 Å². The van der Waals surface area contributed by atoms with Crippen LogP contribution in [0.4, 0.5) is 0 Å². The molecule has 1 atom stereocenters. The molecule has 0 saturated heterocycles. The second-order valence-corrected chi connectivity index (χ2v) is 5.89. The normalized spacial score (nSPS) is 16.4. The van der Waals surface area contributed by atoms with E-state index in [0.717, 1.165) is 17.9 Å². The predicted octanol–water partition coefficient (Wildman–Crippen LogP) is 2.05. The molecule has 21 heavy (non-hydrogen) atoms. The van der Waals surface area contributed by atoms with Gasteiger partial charge in [0.1, 0.15) is 0 Å². The van der Waals surface area contributed by atoms with Crippen LogP contribution in [0.1, 0.15) is 42.0 Å². The molecule has 1 saturated carbocycles. The van der Waals surface area contributed by atoms with E-state index < -0.39 is 0 Å². The van der Waals surface area contributed by atoms with Crippen molar-refractivity contribution in [3.05, 3.63) is 47.8 Å². The molecule has 0 bridgehead atoms. The zero-order valence-electron chi connectivity index (χ0n) is 12.7. The van der Waals surface area contributed by atoms with E-state index >= 15 is 0 Å². The summed E-state index contributed by atoms with van der Waals surface area (Å²) in [6, 6.07) is 6.94. The summed E-state index contributed by atoms with van der Waals surface area (Å²) in [7, 11) is 2.10. The molecule has 0 spiro atoms. The highest BCUT2D eigenvalue weighted by atomic mass is 15.2. The smallest absolute Gasteiger partial charge is 0.0951 e. The van der Waals surface area contributed by atoms with Crippen LogP contribution < -0.4 is 5.73 Å². The van der Waals surface area contributed by atoms with Crippen LogP contribution in [0, 0.1) is 6.92 Å². The molecular weight excluding hydrogens is 262 g/mol. The largest absolute Gasteiger partial charge is 0.330 e. The molecular formula is C16H23N5. The van der Waals surface area contributed by atoms with Gasteiger partial charge in [-0.15, -0.1) is 0 Å². The average molecular weight is 285 g/mol. The number of imidazole rings is 1. The van der Waals surface area contributed by atoms with Gasteiger partial charge in [0.25, 0.3) is 0 Å². The monoisotopic (exact) mass is 285 g/mol. The summed E-state index contributed by atoms with van der Waals surface area (Å²) in [5, 5.41) is 0. The first-order valence-corrected chi connectivity index (χ1v) is 7.53. The van der Waals surface area contributed by atoms with Crippen LogP contribution in [-0.4, -0.2) is 33.0 Å². The van der Waals surface area contributed by atoms with Crippen molar-refractivity contribution < 1.29 is 0 Å². The summed E-state index contributed by atoms with van der Waals surface area (Å²) in [4.78, 5) is 11.2. The lowest BCUT2D eigenvalue weighted by Gasteiger charge is -2.27. The Morgan fingerprint density at radius 2 is 2.24 bits per heavy atom. The second kappa shape index (κ2) is 5.95. The number of nitrogens with zero attached hydrogens (tertiary/aromatic N) is 4. The van der Waals surface area contributed by atoms with Crippen LogP contribution in [0.2, 0.25) is 0 Å². The zero-order chi connectivity index (χ0) is 14.8. The Bertz CT molecular complexity index is 602. The number of likely N-dealkylation sites (N-methyl/N-ethyl adjacent to an activating group) is 1. The molecule has 1 unspecified atom stereocenters. The van der Waals surface area contributed by atoms with Gasteiger partial charge in [0.15, 0.2) is 0 Å². The van der Waals surface area contributed by atoms with Crippen LogP contribution >= 0.6 is 0 Å². The van der Waals surface area contributed by atoms with Gasteiger partial charge in [-0.1, -0.05) is 6.07 Å². The molecule has 1 fully saturated rings. The minimum Gasteiger partial charge on any atom is -0.330 e. The van der Waals surface area contributed by atoms with Crippen LogP contribution in [0.25, 0.3) is 0 Å². The molecule has 2 aromatic heterocycles. The van der Waals surface area contributed by atoms with Gasteiger partial charge in [-0.2, -0.15) is 0 Å². The highest BCUT2D eigenvalue weighted by molar-refractivity contribution is 5.13. The van der Waals surface area contributed by atoms with Crippen molar-refractivity contribution >= 4 is 0 Å². The third-order valence-corrected chi connectivity index (χ3v) is 4.09. The lowest BCUT2D eigenvalue weighted by Crippen LogP contribution is -2.32. The lowest BCUT2D eigenvalue weighted by molar-refractivity contribution is 0.229. The topological polar surface area (TPSA) is 60.0 Å². The molecule has 5 nitrogen and oxygen atoms in total. The summed E-state index contributed by atoms with van der Waals surface area (Å²) < 4.78 is 2.29. The van der Waals surface area contributed by atoms with E-state index in [0.29, 0.717) is 12.6 Å². The van der Waals surface area contributed by atoms with Gasteiger partial charge in [0.05, 0.1) is 23.8 Å². The van der Waals surface area contributed by atoms with Gasteiger partial charge >= 0.3 is 0 Å². The van der Waals surface area contributed by atoms with Crippen molar-refractivity contribution in [2.75, 3.05) is 13.6 Å². The zero-order valence-corrected chi connectivity index (χ0v) is 12.7. The molecule has 0 aromatic carbocycles. The Morgan fingerprint density at radius 1 is 1.43 bits per heavy atom. The van der Waals surface area contributed by atoms with Crippen molar-refractivity contribution in [2.24, 2.45) is 5.73 Å². The van der Waals surface area contributed by atoms with E-state index in [-0.39, 0.29) is 6.04 Å². The van der Waals surface area contributed by atoms with E-state index in [9.17, 15) is 0 Å². The Hall–Kier alpha value is -1.72.